The minimum absolute atomic E-state index is 0.634. The minimum Gasteiger partial charge on any atom is -0.248 e. The second kappa shape index (κ2) is 14.3. The summed E-state index contributed by atoms with van der Waals surface area (Å²) in [6, 6.07) is 71.8. The highest BCUT2D eigenvalue weighted by Gasteiger charge is 2.14. The van der Waals surface area contributed by atoms with E-state index in [1.54, 1.807) is 0 Å². The van der Waals surface area contributed by atoms with Gasteiger partial charge in [-0.2, -0.15) is 0 Å². The highest BCUT2D eigenvalue weighted by molar-refractivity contribution is 5.88. The van der Waals surface area contributed by atoms with Gasteiger partial charge in [0.1, 0.15) is 0 Å². The highest BCUT2D eigenvalue weighted by Crippen LogP contribution is 2.33. The normalized spacial score (nSPS) is 11.2. The third-order valence-corrected chi connectivity index (χ3v) is 10.3. The maximum absolute atomic E-state index is 5.05. The van der Waals surface area contributed by atoms with Crippen molar-refractivity contribution in [1.29, 1.82) is 0 Å². The molecular formula is C52H34N4. The van der Waals surface area contributed by atoms with Gasteiger partial charge in [0.25, 0.3) is 0 Å². The molecule has 0 aliphatic carbocycles. The van der Waals surface area contributed by atoms with E-state index in [4.69, 9.17) is 19.9 Å². The van der Waals surface area contributed by atoms with E-state index >= 15 is 0 Å². The lowest BCUT2D eigenvalue weighted by Gasteiger charge is -2.11. The molecule has 0 atom stereocenters. The van der Waals surface area contributed by atoms with Gasteiger partial charge in [0, 0.05) is 27.8 Å². The zero-order chi connectivity index (χ0) is 37.3. The molecule has 0 aliphatic rings. The van der Waals surface area contributed by atoms with E-state index in [-0.39, 0.29) is 0 Å². The number of pyridine rings is 1. The van der Waals surface area contributed by atoms with Crippen LogP contribution >= 0.6 is 0 Å². The number of hydrogen-bond donors (Lipinski definition) is 0. The van der Waals surface area contributed by atoms with Gasteiger partial charge in [0.15, 0.2) is 17.5 Å². The molecule has 0 bridgehead atoms. The minimum atomic E-state index is 0.634. The number of aromatic nitrogens is 4. The van der Waals surface area contributed by atoms with Gasteiger partial charge in [-0.05, 0) is 68.1 Å². The summed E-state index contributed by atoms with van der Waals surface area (Å²) in [6.45, 7) is 0. The van der Waals surface area contributed by atoms with Crippen LogP contribution in [0.1, 0.15) is 0 Å². The van der Waals surface area contributed by atoms with Crippen LogP contribution in [0.25, 0.3) is 100 Å². The van der Waals surface area contributed by atoms with Crippen molar-refractivity contribution >= 4 is 21.5 Å². The van der Waals surface area contributed by atoms with Crippen molar-refractivity contribution in [3.8, 4) is 78.9 Å². The standard InChI is InChI=1S/C52H34N4/c1-3-13-40(14-4-1)48-33-47(34-49(53-48)41-15-5-2-6-16-41)39-21-19-37(20-22-39)38-23-27-42(28-24-38)50-54-51(45-29-25-35-11-7-9-17-43(35)31-45)56-52(55-50)46-30-26-36-12-8-10-18-44(36)32-46/h1-34H. The third-order valence-electron chi connectivity index (χ3n) is 10.3. The molecule has 0 unspecified atom stereocenters. The maximum Gasteiger partial charge on any atom is 0.164 e. The Morgan fingerprint density at radius 3 is 0.982 bits per heavy atom. The van der Waals surface area contributed by atoms with Crippen LogP contribution in [0, 0.1) is 0 Å². The van der Waals surface area contributed by atoms with Gasteiger partial charge >= 0.3 is 0 Å². The van der Waals surface area contributed by atoms with Crippen LogP contribution < -0.4 is 0 Å². The van der Waals surface area contributed by atoms with Crippen LogP contribution in [0.15, 0.2) is 206 Å². The molecule has 0 radical (unpaired) electrons. The van der Waals surface area contributed by atoms with Gasteiger partial charge in [-0.15, -0.1) is 0 Å². The van der Waals surface area contributed by atoms with Crippen molar-refractivity contribution in [3.05, 3.63) is 206 Å². The van der Waals surface area contributed by atoms with E-state index in [2.05, 4.69) is 194 Å². The van der Waals surface area contributed by atoms with Gasteiger partial charge < -0.3 is 0 Å². The summed E-state index contributed by atoms with van der Waals surface area (Å²) in [5.74, 6) is 1.92. The molecule has 2 heterocycles. The monoisotopic (exact) mass is 714 g/mol. The average molecular weight is 715 g/mol. The van der Waals surface area contributed by atoms with E-state index in [9.17, 15) is 0 Å². The largest absolute Gasteiger partial charge is 0.248 e. The second-order valence-corrected chi connectivity index (χ2v) is 13.9. The van der Waals surface area contributed by atoms with E-state index in [1.807, 2.05) is 12.1 Å². The Kier molecular flexibility index (Phi) is 8.47. The first-order valence-corrected chi connectivity index (χ1v) is 18.8. The molecule has 4 nitrogen and oxygen atoms in total. The quantitative estimate of drug-likeness (QED) is 0.165. The molecule has 56 heavy (non-hydrogen) atoms. The van der Waals surface area contributed by atoms with Crippen molar-refractivity contribution in [1.82, 2.24) is 19.9 Å². The molecule has 2 aromatic heterocycles. The summed E-state index contributed by atoms with van der Waals surface area (Å²) in [5, 5.41) is 4.65. The van der Waals surface area contributed by atoms with Gasteiger partial charge in [-0.1, -0.05) is 182 Å². The number of benzene rings is 8. The molecule has 0 saturated heterocycles. The molecule has 10 aromatic rings. The van der Waals surface area contributed by atoms with E-state index in [1.165, 1.54) is 10.8 Å². The Labute approximate surface area is 325 Å². The van der Waals surface area contributed by atoms with Crippen LogP contribution in [0.4, 0.5) is 0 Å². The lowest BCUT2D eigenvalue weighted by atomic mass is 9.97. The maximum atomic E-state index is 5.05. The number of fused-ring (bicyclic) bond motifs is 2. The van der Waals surface area contributed by atoms with Crippen molar-refractivity contribution < 1.29 is 0 Å². The van der Waals surface area contributed by atoms with Crippen molar-refractivity contribution in [2.24, 2.45) is 0 Å². The van der Waals surface area contributed by atoms with Gasteiger partial charge in [0.05, 0.1) is 11.4 Å². The molecule has 262 valence electrons. The molecule has 0 spiro atoms. The Hall–Kier alpha value is -7.56. The molecule has 0 fully saturated rings. The smallest absolute Gasteiger partial charge is 0.164 e. The van der Waals surface area contributed by atoms with Crippen molar-refractivity contribution in [3.63, 3.8) is 0 Å². The van der Waals surface area contributed by atoms with Crippen LogP contribution in [0.5, 0.6) is 0 Å². The first-order chi connectivity index (χ1) is 27.7. The van der Waals surface area contributed by atoms with E-state index in [0.717, 1.165) is 72.2 Å². The van der Waals surface area contributed by atoms with Gasteiger partial charge in [0.2, 0.25) is 0 Å². The Balaban J connectivity index is 0.994. The van der Waals surface area contributed by atoms with Gasteiger partial charge in [-0.25, -0.2) is 19.9 Å². The lowest BCUT2D eigenvalue weighted by Crippen LogP contribution is -2.00. The molecule has 0 amide bonds. The number of rotatable bonds is 7. The molecule has 0 saturated carbocycles. The lowest BCUT2D eigenvalue weighted by molar-refractivity contribution is 1.08. The first kappa shape index (κ1) is 33.0. The van der Waals surface area contributed by atoms with Crippen LogP contribution in [-0.2, 0) is 0 Å². The first-order valence-electron chi connectivity index (χ1n) is 18.8. The average Bonchev–Trinajstić information content (AvgIpc) is 3.29. The summed E-state index contributed by atoms with van der Waals surface area (Å²) < 4.78 is 0. The molecule has 10 rings (SSSR count). The zero-order valence-electron chi connectivity index (χ0n) is 30.4. The molecule has 0 aliphatic heterocycles. The Morgan fingerprint density at radius 2 is 0.536 bits per heavy atom. The van der Waals surface area contributed by atoms with E-state index in [0.29, 0.717) is 17.5 Å². The fourth-order valence-electron chi connectivity index (χ4n) is 7.30. The van der Waals surface area contributed by atoms with Crippen LogP contribution in [0.2, 0.25) is 0 Å². The fraction of sp³-hybridized carbons (Fsp3) is 0. The molecule has 0 N–H and O–H groups in total. The summed E-state index contributed by atoms with van der Waals surface area (Å²) in [6.07, 6.45) is 0. The van der Waals surface area contributed by atoms with Gasteiger partial charge in [-0.3, -0.25) is 0 Å². The molecule has 8 aromatic carbocycles. The Morgan fingerprint density at radius 1 is 0.196 bits per heavy atom. The van der Waals surface area contributed by atoms with Crippen LogP contribution in [0.3, 0.4) is 0 Å². The fourth-order valence-corrected chi connectivity index (χ4v) is 7.30. The predicted molar refractivity (Wildman–Crippen MR) is 231 cm³/mol. The van der Waals surface area contributed by atoms with Crippen molar-refractivity contribution in [2.75, 3.05) is 0 Å². The summed E-state index contributed by atoms with van der Waals surface area (Å²) in [4.78, 5) is 20.2. The topological polar surface area (TPSA) is 51.6 Å². The summed E-state index contributed by atoms with van der Waals surface area (Å²) in [7, 11) is 0. The van der Waals surface area contributed by atoms with Crippen LogP contribution in [-0.4, -0.2) is 19.9 Å². The second-order valence-electron chi connectivity index (χ2n) is 13.9. The molecular weight excluding hydrogens is 681 g/mol. The SMILES string of the molecule is c1ccc(-c2cc(-c3ccc(-c4ccc(-c5nc(-c6ccc7ccccc7c6)nc(-c6ccc7ccccc7c6)n5)cc4)cc3)cc(-c3ccccc3)n2)cc1. The van der Waals surface area contributed by atoms with E-state index < -0.39 is 0 Å². The summed E-state index contributed by atoms with van der Waals surface area (Å²) in [5.41, 5.74) is 11.4. The van der Waals surface area contributed by atoms with Crippen molar-refractivity contribution in [2.45, 2.75) is 0 Å². The number of nitrogens with zero attached hydrogens (tertiary/aromatic N) is 4. The number of hydrogen-bond acceptors (Lipinski definition) is 4. The zero-order valence-corrected chi connectivity index (χ0v) is 30.4. The molecule has 4 heteroatoms. The Bertz CT molecular complexity index is 2840. The predicted octanol–water partition coefficient (Wildman–Crippen LogP) is 13.2. The third kappa shape index (κ3) is 6.61. The highest BCUT2D eigenvalue weighted by atomic mass is 15.0. The summed E-state index contributed by atoms with van der Waals surface area (Å²) >= 11 is 0.